The molecular formula is C12H14BrClN2O4. The van der Waals surface area contributed by atoms with E-state index in [0.717, 1.165) is 0 Å². The quantitative estimate of drug-likeness (QED) is 0.823. The van der Waals surface area contributed by atoms with E-state index in [1.807, 2.05) is 0 Å². The van der Waals surface area contributed by atoms with Crippen LogP contribution in [0.2, 0.25) is 5.02 Å². The molecule has 0 aromatic carbocycles. The number of nitrogens with zero attached hydrogens (tertiary/aromatic N) is 1. The van der Waals surface area contributed by atoms with Gasteiger partial charge in [-0.25, -0.2) is 4.79 Å². The van der Waals surface area contributed by atoms with Crippen LogP contribution in [0.3, 0.4) is 0 Å². The first-order chi connectivity index (χ1) is 9.28. The summed E-state index contributed by atoms with van der Waals surface area (Å²) in [5.74, 6) is 0.823. The molecule has 1 aromatic heterocycles. The highest BCUT2D eigenvalue weighted by Crippen LogP contribution is 2.43. The molecule has 1 N–H and O–H groups in total. The number of anilines is 1. The number of rotatable bonds is 1. The fraction of sp³-hybridized carbons (Fsp3) is 0.500. The molecule has 20 heavy (non-hydrogen) atoms. The van der Waals surface area contributed by atoms with Gasteiger partial charge < -0.3 is 14.2 Å². The molecule has 2 rings (SSSR count). The SMILES string of the molecule is CC(C)(C)OC(=O)Nc1nc2c(c(Cl)c1Br)OCCO2. The fourth-order valence-corrected chi connectivity index (χ4v) is 2.08. The Kier molecular flexibility index (Phi) is 4.29. The highest BCUT2D eigenvalue weighted by molar-refractivity contribution is 9.10. The van der Waals surface area contributed by atoms with Gasteiger partial charge in [0, 0.05) is 0 Å². The first-order valence-corrected chi connectivity index (χ1v) is 7.09. The molecule has 1 aliphatic heterocycles. The van der Waals surface area contributed by atoms with Gasteiger partial charge in [0.25, 0.3) is 5.88 Å². The molecule has 8 heteroatoms. The molecule has 1 aromatic rings. The topological polar surface area (TPSA) is 69.7 Å². The van der Waals surface area contributed by atoms with Crippen LogP contribution in [0.4, 0.5) is 10.6 Å². The molecule has 0 radical (unpaired) electrons. The third kappa shape index (κ3) is 3.46. The number of hydrogen-bond acceptors (Lipinski definition) is 5. The molecular weight excluding hydrogens is 351 g/mol. The predicted molar refractivity (Wildman–Crippen MR) is 77.8 cm³/mol. The summed E-state index contributed by atoms with van der Waals surface area (Å²) in [6, 6.07) is 0. The van der Waals surface area contributed by atoms with Crippen molar-refractivity contribution in [3.63, 3.8) is 0 Å². The van der Waals surface area contributed by atoms with E-state index in [2.05, 4.69) is 26.2 Å². The van der Waals surface area contributed by atoms with E-state index in [4.69, 9.17) is 25.8 Å². The van der Waals surface area contributed by atoms with Crippen molar-refractivity contribution < 1.29 is 19.0 Å². The zero-order valence-corrected chi connectivity index (χ0v) is 13.6. The average Bonchev–Trinajstić information content (AvgIpc) is 2.33. The molecule has 0 atom stereocenters. The van der Waals surface area contributed by atoms with Crippen molar-refractivity contribution in [2.45, 2.75) is 26.4 Å². The number of aromatic nitrogens is 1. The molecule has 1 amide bonds. The maximum Gasteiger partial charge on any atom is 0.413 e. The number of nitrogens with one attached hydrogen (secondary N) is 1. The normalized spacial score (nSPS) is 13.8. The highest BCUT2D eigenvalue weighted by atomic mass is 79.9. The number of halogens is 2. The van der Waals surface area contributed by atoms with Gasteiger partial charge in [0.05, 0.1) is 4.47 Å². The molecule has 0 fully saturated rings. The van der Waals surface area contributed by atoms with E-state index >= 15 is 0 Å². The van der Waals surface area contributed by atoms with E-state index in [0.29, 0.717) is 28.5 Å². The van der Waals surface area contributed by atoms with Gasteiger partial charge in [-0.1, -0.05) is 11.6 Å². The van der Waals surface area contributed by atoms with Crippen molar-refractivity contribution in [1.29, 1.82) is 0 Å². The summed E-state index contributed by atoms with van der Waals surface area (Å²) in [5, 5.41) is 2.81. The second-order valence-electron chi connectivity index (χ2n) is 5.05. The lowest BCUT2D eigenvalue weighted by molar-refractivity contribution is 0.0635. The van der Waals surface area contributed by atoms with Crippen LogP contribution in [0.1, 0.15) is 20.8 Å². The second kappa shape index (κ2) is 5.65. The van der Waals surface area contributed by atoms with Crippen LogP contribution in [0.15, 0.2) is 4.47 Å². The lowest BCUT2D eigenvalue weighted by atomic mass is 10.2. The second-order valence-corrected chi connectivity index (χ2v) is 6.22. The van der Waals surface area contributed by atoms with Crippen LogP contribution < -0.4 is 14.8 Å². The fourth-order valence-electron chi connectivity index (χ4n) is 1.49. The van der Waals surface area contributed by atoms with Crippen molar-refractivity contribution in [3.8, 4) is 11.6 Å². The molecule has 2 heterocycles. The van der Waals surface area contributed by atoms with E-state index in [-0.39, 0.29) is 11.7 Å². The van der Waals surface area contributed by atoms with Crippen molar-refractivity contribution in [2.75, 3.05) is 18.5 Å². The first-order valence-electron chi connectivity index (χ1n) is 5.92. The third-order valence-electron chi connectivity index (χ3n) is 2.20. The van der Waals surface area contributed by atoms with Crippen LogP contribution in [0.25, 0.3) is 0 Å². The zero-order valence-electron chi connectivity index (χ0n) is 11.3. The Morgan fingerprint density at radius 3 is 2.70 bits per heavy atom. The van der Waals surface area contributed by atoms with E-state index in [1.54, 1.807) is 20.8 Å². The molecule has 0 aliphatic carbocycles. The molecule has 0 bridgehead atoms. The largest absolute Gasteiger partial charge is 0.483 e. The van der Waals surface area contributed by atoms with E-state index in [9.17, 15) is 4.79 Å². The first kappa shape index (κ1) is 15.2. The molecule has 6 nitrogen and oxygen atoms in total. The summed E-state index contributed by atoms with van der Waals surface area (Å²) in [4.78, 5) is 15.9. The zero-order chi connectivity index (χ0) is 14.9. The van der Waals surface area contributed by atoms with Crippen molar-refractivity contribution in [1.82, 2.24) is 4.98 Å². The molecule has 0 saturated heterocycles. The Bertz CT molecular complexity index is 545. The lowest BCUT2D eigenvalue weighted by Gasteiger charge is -2.22. The Morgan fingerprint density at radius 2 is 2.05 bits per heavy atom. The Balaban J connectivity index is 2.24. The van der Waals surface area contributed by atoms with Crippen molar-refractivity contribution in [3.05, 3.63) is 9.50 Å². The number of amides is 1. The minimum atomic E-state index is -0.626. The molecule has 1 aliphatic rings. The molecule has 110 valence electrons. The standard InChI is InChI=1S/C12H14BrClN2O4/c1-12(2,3)20-11(17)16-9-6(13)7(14)8-10(15-9)19-5-4-18-8/h4-5H2,1-3H3,(H,15,16,17). The van der Waals surface area contributed by atoms with Gasteiger partial charge in [-0.05, 0) is 36.7 Å². The predicted octanol–water partition coefficient (Wildman–Crippen LogP) is 3.62. The number of carbonyl (C=O) groups excluding carboxylic acids is 1. The number of hydrogen-bond donors (Lipinski definition) is 1. The maximum atomic E-state index is 11.8. The Morgan fingerprint density at radius 1 is 1.40 bits per heavy atom. The molecule has 0 spiro atoms. The minimum Gasteiger partial charge on any atom is -0.483 e. The third-order valence-corrected chi connectivity index (χ3v) is 3.56. The maximum absolute atomic E-state index is 11.8. The van der Waals surface area contributed by atoms with Gasteiger partial charge in [-0.3, -0.25) is 5.32 Å². The van der Waals surface area contributed by atoms with Gasteiger partial charge in [0.1, 0.15) is 23.8 Å². The van der Waals surface area contributed by atoms with Crippen LogP contribution in [0.5, 0.6) is 11.6 Å². The number of pyridine rings is 1. The number of fused-ring (bicyclic) bond motifs is 1. The van der Waals surface area contributed by atoms with Gasteiger partial charge in [0.2, 0.25) is 5.75 Å². The summed E-state index contributed by atoms with van der Waals surface area (Å²) in [5.41, 5.74) is -0.603. The van der Waals surface area contributed by atoms with Crippen molar-refractivity contribution >= 4 is 39.4 Å². The smallest absolute Gasteiger partial charge is 0.413 e. The summed E-state index contributed by atoms with van der Waals surface area (Å²) >= 11 is 9.42. The minimum absolute atomic E-state index is 0.216. The Labute approximate surface area is 129 Å². The average molecular weight is 366 g/mol. The van der Waals surface area contributed by atoms with Crippen LogP contribution >= 0.6 is 27.5 Å². The van der Waals surface area contributed by atoms with Gasteiger partial charge in [-0.2, -0.15) is 4.98 Å². The lowest BCUT2D eigenvalue weighted by Crippen LogP contribution is -2.28. The summed E-state index contributed by atoms with van der Waals surface area (Å²) in [6.45, 7) is 6.09. The number of ether oxygens (including phenoxy) is 3. The van der Waals surface area contributed by atoms with Crippen LogP contribution in [0, 0.1) is 0 Å². The number of carbonyl (C=O) groups is 1. The monoisotopic (exact) mass is 364 g/mol. The summed E-state index contributed by atoms with van der Waals surface area (Å²) < 4.78 is 16.3. The summed E-state index contributed by atoms with van der Waals surface area (Å²) in [6.07, 6.45) is -0.626. The van der Waals surface area contributed by atoms with E-state index < -0.39 is 11.7 Å². The van der Waals surface area contributed by atoms with Gasteiger partial charge >= 0.3 is 6.09 Å². The van der Waals surface area contributed by atoms with Gasteiger partial charge in [-0.15, -0.1) is 0 Å². The summed E-state index contributed by atoms with van der Waals surface area (Å²) in [7, 11) is 0. The van der Waals surface area contributed by atoms with Crippen LogP contribution in [-0.4, -0.2) is 29.9 Å². The molecule has 0 unspecified atom stereocenters. The van der Waals surface area contributed by atoms with E-state index in [1.165, 1.54) is 0 Å². The van der Waals surface area contributed by atoms with Crippen LogP contribution in [-0.2, 0) is 4.74 Å². The Hall–Kier alpha value is -1.21. The van der Waals surface area contributed by atoms with Gasteiger partial charge in [0.15, 0.2) is 5.82 Å². The molecule has 0 saturated carbocycles. The van der Waals surface area contributed by atoms with Crippen molar-refractivity contribution in [2.24, 2.45) is 0 Å². The highest BCUT2D eigenvalue weighted by Gasteiger charge is 2.24.